The van der Waals surface area contributed by atoms with Gasteiger partial charge in [-0.1, -0.05) is 31.5 Å². The average molecular weight is 360 g/mol. The van der Waals surface area contributed by atoms with Crippen molar-refractivity contribution in [2.24, 2.45) is 0 Å². The Morgan fingerprint density at radius 3 is 1.96 bits per heavy atom. The number of aryl methyl sites for hydroxylation is 1. The first-order valence-electron chi connectivity index (χ1n) is 7.42. The van der Waals surface area contributed by atoms with Crippen LogP contribution in [0.2, 0.25) is 0 Å². The number of hydrogen-bond donors (Lipinski definition) is 1. The molecular weight excluding hydrogens is 339 g/mol. The molecule has 24 heavy (non-hydrogen) atoms. The minimum Gasteiger partial charge on any atom is -0.406 e. The Bertz CT molecular complexity index is 655. The molecule has 0 saturated heterocycles. The summed E-state index contributed by atoms with van der Waals surface area (Å²) >= 11 is 0. The highest BCUT2D eigenvalue weighted by Gasteiger charge is 2.31. The van der Waals surface area contributed by atoms with Gasteiger partial charge in [0.25, 0.3) is 0 Å². The van der Waals surface area contributed by atoms with Gasteiger partial charge in [0.2, 0.25) is 0 Å². The van der Waals surface area contributed by atoms with Crippen LogP contribution in [0.4, 0.5) is 13.2 Å². The minimum atomic E-state index is -4.73. The zero-order valence-electron chi connectivity index (χ0n) is 13.8. The second kappa shape index (κ2) is 8.84. The van der Waals surface area contributed by atoms with Gasteiger partial charge in [-0.3, -0.25) is 0 Å². The predicted molar refractivity (Wildman–Crippen MR) is 87.7 cm³/mol. The second-order valence-corrected chi connectivity index (χ2v) is 6.35. The summed E-state index contributed by atoms with van der Waals surface area (Å²) in [6.45, 7) is 5.92. The minimum absolute atomic E-state index is 0.315. The first kappa shape index (κ1) is 20.2. The fourth-order valence-electron chi connectivity index (χ4n) is 1.84. The standard InChI is InChI=1S/C15H14F3NO2S.C2H6/c1-10-2-8-13(9-3-10)22(20)14(19)11-4-6-12(7-5-11)21-15(16,17)18;1-2/h2-9,14H,19H2,1H3;1-2H3/p+1. The van der Waals surface area contributed by atoms with Crippen LogP contribution in [0, 0.1) is 6.92 Å². The summed E-state index contributed by atoms with van der Waals surface area (Å²) < 4.78 is 52.5. The van der Waals surface area contributed by atoms with E-state index in [1.54, 1.807) is 12.1 Å². The van der Waals surface area contributed by atoms with E-state index in [-0.39, 0.29) is 5.75 Å². The molecule has 3 N–H and O–H groups in total. The van der Waals surface area contributed by atoms with Crippen molar-refractivity contribution >= 4 is 10.8 Å². The van der Waals surface area contributed by atoms with Gasteiger partial charge >= 0.3 is 6.36 Å². The van der Waals surface area contributed by atoms with Gasteiger partial charge in [0.15, 0.2) is 5.37 Å². The maximum absolute atomic E-state index is 12.4. The third kappa shape index (κ3) is 5.98. The fourth-order valence-corrected chi connectivity index (χ4v) is 2.98. The second-order valence-electron chi connectivity index (χ2n) is 4.72. The molecule has 3 nitrogen and oxygen atoms in total. The summed E-state index contributed by atoms with van der Waals surface area (Å²) in [6.07, 6.45) is -4.73. The Kier molecular flexibility index (Phi) is 7.44. The lowest BCUT2D eigenvalue weighted by Gasteiger charge is -2.11. The number of benzene rings is 2. The molecule has 0 aliphatic rings. The summed E-state index contributed by atoms with van der Waals surface area (Å²) in [6, 6.07) is 12.5. The van der Waals surface area contributed by atoms with Gasteiger partial charge in [-0.15, -0.1) is 13.2 Å². The number of ether oxygens (including phenoxy) is 1. The molecule has 0 saturated carbocycles. The summed E-state index contributed by atoms with van der Waals surface area (Å²) in [4.78, 5) is 0.626. The van der Waals surface area contributed by atoms with Crippen LogP contribution in [0.5, 0.6) is 5.75 Å². The van der Waals surface area contributed by atoms with Crippen LogP contribution in [-0.4, -0.2) is 10.6 Å². The van der Waals surface area contributed by atoms with Crippen LogP contribution in [0.25, 0.3) is 0 Å². The molecule has 0 amide bonds. The van der Waals surface area contributed by atoms with Gasteiger partial charge in [0.1, 0.15) is 16.5 Å². The Balaban J connectivity index is 0.00000139. The molecule has 7 heteroatoms. The Hall–Kier alpha value is -1.86. The topological polar surface area (TPSA) is 53.9 Å². The molecule has 132 valence electrons. The lowest BCUT2D eigenvalue weighted by atomic mass is 10.2. The van der Waals surface area contributed by atoms with E-state index in [1.165, 1.54) is 24.3 Å². The third-order valence-electron chi connectivity index (χ3n) is 3.00. The van der Waals surface area contributed by atoms with Crippen LogP contribution in [0.1, 0.15) is 30.3 Å². The van der Waals surface area contributed by atoms with E-state index in [4.69, 9.17) is 0 Å². The molecule has 2 aromatic carbocycles. The molecule has 2 unspecified atom stereocenters. The van der Waals surface area contributed by atoms with Gasteiger partial charge in [-0.2, -0.15) is 0 Å². The van der Waals surface area contributed by atoms with Crippen LogP contribution < -0.4 is 10.5 Å². The largest absolute Gasteiger partial charge is 0.573 e. The first-order valence-corrected chi connectivity index (χ1v) is 8.63. The van der Waals surface area contributed by atoms with Gasteiger partial charge in [0, 0.05) is 10.5 Å². The van der Waals surface area contributed by atoms with Gasteiger partial charge in [0.05, 0.1) is 0 Å². The molecule has 0 aliphatic carbocycles. The smallest absolute Gasteiger partial charge is 0.406 e. The van der Waals surface area contributed by atoms with Crippen LogP contribution >= 0.6 is 0 Å². The highest BCUT2D eigenvalue weighted by molar-refractivity contribution is 7.85. The number of hydrogen-bond acceptors (Lipinski definition) is 2. The van der Waals surface area contributed by atoms with Crippen LogP contribution in [0.3, 0.4) is 0 Å². The van der Waals surface area contributed by atoms with Gasteiger partial charge in [-0.05, 0) is 43.3 Å². The van der Waals surface area contributed by atoms with E-state index >= 15 is 0 Å². The highest BCUT2D eigenvalue weighted by Crippen LogP contribution is 2.25. The third-order valence-corrected chi connectivity index (χ3v) is 4.52. The molecular formula is C17H21F3NO2S+. The fraction of sp³-hybridized carbons (Fsp3) is 0.294. The lowest BCUT2D eigenvalue weighted by molar-refractivity contribution is -0.392. The van der Waals surface area contributed by atoms with Crippen molar-refractivity contribution in [3.63, 3.8) is 0 Å². The molecule has 2 atom stereocenters. The summed E-state index contributed by atoms with van der Waals surface area (Å²) in [5, 5.41) is -0.581. The summed E-state index contributed by atoms with van der Waals surface area (Å²) in [5.74, 6) is -0.315. The SMILES string of the molecule is CC.Cc1ccc(S(=O)C([NH3+])c2ccc(OC(F)(F)F)cc2)cc1. The van der Waals surface area contributed by atoms with Crippen molar-refractivity contribution in [1.29, 1.82) is 0 Å². The molecule has 0 fully saturated rings. The maximum Gasteiger partial charge on any atom is 0.573 e. The lowest BCUT2D eigenvalue weighted by Crippen LogP contribution is -2.55. The highest BCUT2D eigenvalue weighted by atomic mass is 32.2. The molecule has 2 rings (SSSR count). The van der Waals surface area contributed by atoms with Crippen LogP contribution in [-0.2, 0) is 10.8 Å². The average Bonchev–Trinajstić information content (AvgIpc) is 2.55. The number of rotatable bonds is 4. The van der Waals surface area contributed by atoms with E-state index in [0.717, 1.165) is 5.56 Å². The Morgan fingerprint density at radius 2 is 1.50 bits per heavy atom. The number of halogens is 3. The van der Waals surface area contributed by atoms with Crippen molar-refractivity contribution in [1.82, 2.24) is 0 Å². The Labute approximate surface area is 142 Å². The summed E-state index contributed by atoms with van der Waals surface area (Å²) in [7, 11) is -1.39. The normalized spacial score (nSPS) is 13.5. The zero-order valence-corrected chi connectivity index (χ0v) is 14.6. The number of quaternary nitrogens is 1. The van der Waals surface area contributed by atoms with E-state index in [1.807, 2.05) is 32.9 Å². The maximum atomic E-state index is 12.4. The van der Waals surface area contributed by atoms with Gasteiger partial charge in [-0.25, -0.2) is 4.21 Å². The zero-order chi connectivity index (χ0) is 18.3. The van der Waals surface area contributed by atoms with Gasteiger partial charge < -0.3 is 10.5 Å². The first-order chi connectivity index (χ1) is 11.3. The van der Waals surface area contributed by atoms with Crippen molar-refractivity contribution in [3.05, 3.63) is 59.7 Å². The van der Waals surface area contributed by atoms with Crippen molar-refractivity contribution in [2.75, 3.05) is 0 Å². The van der Waals surface area contributed by atoms with Crippen molar-refractivity contribution in [2.45, 2.75) is 37.4 Å². The molecule has 2 aromatic rings. The molecule has 0 radical (unpaired) electrons. The van der Waals surface area contributed by atoms with Crippen molar-refractivity contribution < 1.29 is 27.9 Å². The summed E-state index contributed by atoms with van der Waals surface area (Å²) in [5.41, 5.74) is 5.48. The molecule has 0 aliphatic heterocycles. The monoisotopic (exact) mass is 360 g/mol. The van der Waals surface area contributed by atoms with E-state index in [2.05, 4.69) is 10.5 Å². The van der Waals surface area contributed by atoms with Crippen molar-refractivity contribution in [3.8, 4) is 5.75 Å². The number of alkyl halides is 3. The molecule has 0 bridgehead atoms. The van der Waals surface area contributed by atoms with E-state index in [9.17, 15) is 17.4 Å². The predicted octanol–water partition coefficient (Wildman–Crippen LogP) is 3.97. The molecule has 0 spiro atoms. The molecule has 0 heterocycles. The van der Waals surface area contributed by atoms with E-state index in [0.29, 0.717) is 10.5 Å². The Morgan fingerprint density at radius 1 is 1.00 bits per heavy atom. The molecule has 0 aromatic heterocycles. The van der Waals surface area contributed by atoms with E-state index < -0.39 is 22.5 Å². The van der Waals surface area contributed by atoms with Crippen LogP contribution in [0.15, 0.2) is 53.4 Å². The quantitative estimate of drug-likeness (QED) is 0.897.